The summed E-state index contributed by atoms with van der Waals surface area (Å²) in [7, 11) is 0. The molecule has 6 heteroatoms. The predicted octanol–water partition coefficient (Wildman–Crippen LogP) is 2.37. The highest BCUT2D eigenvalue weighted by Crippen LogP contribution is 2.26. The van der Waals surface area contributed by atoms with E-state index in [1.807, 2.05) is 4.90 Å². The zero-order valence-corrected chi connectivity index (χ0v) is 11.9. The van der Waals surface area contributed by atoms with Gasteiger partial charge in [0.2, 0.25) is 5.91 Å². The van der Waals surface area contributed by atoms with Crippen LogP contribution in [0.2, 0.25) is 5.02 Å². The summed E-state index contributed by atoms with van der Waals surface area (Å²) in [6, 6.07) is 1.63. The third-order valence-corrected chi connectivity index (χ3v) is 4.01. The monoisotopic (exact) mass is 297 g/mol. The Bertz CT molecular complexity index is 521. The number of rotatable bonds is 3. The number of nitrogens with zero attached hydrogens (tertiary/aromatic N) is 2. The maximum atomic E-state index is 13.9. The number of piperidine rings is 1. The van der Waals surface area contributed by atoms with E-state index in [4.69, 9.17) is 11.6 Å². The van der Waals surface area contributed by atoms with Gasteiger partial charge in [-0.3, -0.25) is 4.79 Å². The lowest BCUT2D eigenvalue weighted by molar-refractivity contribution is -0.125. The van der Waals surface area contributed by atoms with E-state index < -0.39 is 5.82 Å². The maximum absolute atomic E-state index is 13.9. The van der Waals surface area contributed by atoms with Crippen LogP contribution in [0.1, 0.15) is 25.7 Å². The lowest BCUT2D eigenvalue weighted by Crippen LogP contribution is -2.44. The lowest BCUT2D eigenvalue weighted by Gasteiger charge is -2.33. The number of aromatic nitrogens is 1. The molecule has 1 aliphatic heterocycles. The van der Waals surface area contributed by atoms with Crippen LogP contribution in [0, 0.1) is 11.7 Å². The summed E-state index contributed by atoms with van der Waals surface area (Å²) in [5.41, 5.74) is 0. The molecule has 1 aliphatic carbocycles. The van der Waals surface area contributed by atoms with Crippen LogP contribution in [0.3, 0.4) is 0 Å². The fourth-order valence-electron chi connectivity index (χ4n) is 2.57. The largest absolute Gasteiger partial charge is 0.353 e. The molecule has 1 N–H and O–H groups in total. The second-order valence-electron chi connectivity index (χ2n) is 5.53. The first-order chi connectivity index (χ1) is 9.63. The second-order valence-corrected chi connectivity index (χ2v) is 5.96. The van der Waals surface area contributed by atoms with Crippen LogP contribution in [0.5, 0.6) is 0 Å². The van der Waals surface area contributed by atoms with Gasteiger partial charge in [0.25, 0.3) is 0 Å². The molecular formula is C14H17ClFN3O. The average molecular weight is 298 g/mol. The molecule has 3 rings (SSSR count). The van der Waals surface area contributed by atoms with Crippen LogP contribution in [-0.2, 0) is 4.79 Å². The quantitative estimate of drug-likeness (QED) is 0.931. The molecule has 1 unspecified atom stereocenters. The first kappa shape index (κ1) is 13.6. The van der Waals surface area contributed by atoms with Gasteiger partial charge in [0.1, 0.15) is 0 Å². The summed E-state index contributed by atoms with van der Waals surface area (Å²) in [4.78, 5) is 18.0. The number of halogens is 2. The molecule has 0 spiro atoms. The van der Waals surface area contributed by atoms with E-state index in [9.17, 15) is 9.18 Å². The van der Waals surface area contributed by atoms with Gasteiger partial charge in [-0.2, -0.15) is 0 Å². The Morgan fingerprint density at radius 3 is 2.95 bits per heavy atom. The van der Waals surface area contributed by atoms with Crippen molar-refractivity contribution in [1.82, 2.24) is 10.3 Å². The third kappa shape index (κ3) is 3.03. The summed E-state index contributed by atoms with van der Waals surface area (Å²) >= 11 is 5.71. The smallest absolute Gasteiger partial charge is 0.225 e. The molecule has 2 aliphatic rings. The number of hydrogen-bond donors (Lipinski definition) is 1. The van der Waals surface area contributed by atoms with Gasteiger partial charge in [0.05, 0.1) is 10.9 Å². The third-order valence-electron chi connectivity index (χ3n) is 3.80. The van der Waals surface area contributed by atoms with Crippen molar-refractivity contribution in [3.63, 3.8) is 0 Å². The molecule has 2 fully saturated rings. The average Bonchev–Trinajstić information content (AvgIpc) is 3.23. The number of anilines is 1. The van der Waals surface area contributed by atoms with E-state index in [-0.39, 0.29) is 16.8 Å². The molecule has 1 atom stereocenters. The summed E-state index contributed by atoms with van der Waals surface area (Å²) in [5, 5.41) is 3.30. The van der Waals surface area contributed by atoms with Gasteiger partial charge in [0.15, 0.2) is 11.6 Å². The topological polar surface area (TPSA) is 45.2 Å². The number of pyridine rings is 1. The van der Waals surface area contributed by atoms with Crippen molar-refractivity contribution in [2.24, 2.45) is 5.92 Å². The van der Waals surface area contributed by atoms with Crippen molar-refractivity contribution < 1.29 is 9.18 Å². The zero-order valence-electron chi connectivity index (χ0n) is 11.1. The molecule has 0 bridgehead atoms. The minimum absolute atomic E-state index is 0.0822. The highest BCUT2D eigenvalue weighted by Gasteiger charge is 2.31. The number of nitrogens with one attached hydrogen (secondary N) is 1. The molecule has 0 radical (unpaired) electrons. The standard InChI is InChI=1S/C14H17ClFN3O/c15-10-6-12(16)13(17-7-10)19-5-1-2-9(8-19)14(20)18-11-3-4-11/h6-7,9,11H,1-5,8H2,(H,18,20). The Morgan fingerprint density at radius 2 is 2.25 bits per heavy atom. The van der Waals surface area contributed by atoms with E-state index in [1.165, 1.54) is 12.3 Å². The Kier molecular flexibility index (Phi) is 3.78. The van der Waals surface area contributed by atoms with Gasteiger partial charge < -0.3 is 10.2 Å². The number of carbonyl (C=O) groups excluding carboxylic acids is 1. The van der Waals surface area contributed by atoms with Crippen molar-refractivity contribution in [3.8, 4) is 0 Å². The summed E-state index contributed by atoms with van der Waals surface area (Å²) in [6.45, 7) is 1.24. The number of carbonyl (C=O) groups is 1. The molecular weight excluding hydrogens is 281 g/mol. The Hall–Kier alpha value is -1.36. The lowest BCUT2D eigenvalue weighted by atomic mass is 9.97. The van der Waals surface area contributed by atoms with Crippen molar-refractivity contribution in [3.05, 3.63) is 23.1 Å². The minimum Gasteiger partial charge on any atom is -0.353 e. The highest BCUT2D eigenvalue weighted by molar-refractivity contribution is 6.30. The Morgan fingerprint density at radius 1 is 1.45 bits per heavy atom. The molecule has 108 valence electrons. The van der Waals surface area contributed by atoms with Crippen molar-refractivity contribution >= 4 is 23.3 Å². The maximum Gasteiger partial charge on any atom is 0.225 e. The van der Waals surface area contributed by atoms with E-state index in [2.05, 4.69) is 10.3 Å². The van der Waals surface area contributed by atoms with E-state index in [1.54, 1.807) is 0 Å². The van der Waals surface area contributed by atoms with Gasteiger partial charge in [-0.05, 0) is 31.7 Å². The zero-order chi connectivity index (χ0) is 14.1. The molecule has 1 aromatic heterocycles. The van der Waals surface area contributed by atoms with E-state index in [0.29, 0.717) is 18.4 Å². The predicted molar refractivity (Wildman–Crippen MR) is 75.3 cm³/mol. The SMILES string of the molecule is O=C(NC1CC1)C1CCCN(c2ncc(Cl)cc2F)C1. The molecule has 2 heterocycles. The number of hydrogen-bond acceptors (Lipinski definition) is 3. The first-order valence-electron chi connectivity index (χ1n) is 7.00. The fourth-order valence-corrected chi connectivity index (χ4v) is 2.71. The van der Waals surface area contributed by atoms with E-state index in [0.717, 1.165) is 32.2 Å². The fraction of sp³-hybridized carbons (Fsp3) is 0.571. The van der Waals surface area contributed by atoms with Crippen molar-refractivity contribution in [2.75, 3.05) is 18.0 Å². The van der Waals surface area contributed by atoms with Crippen LogP contribution >= 0.6 is 11.6 Å². The molecule has 20 heavy (non-hydrogen) atoms. The minimum atomic E-state index is -0.430. The highest BCUT2D eigenvalue weighted by atomic mass is 35.5. The van der Waals surface area contributed by atoms with Crippen molar-refractivity contribution in [1.29, 1.82) is 0 Å². The molecule has 4 nitrogen and oxygen atoms in total. The van der Waals surface area contributed by atoms with Gasteiger partial charge in [-0.25, -0.2) is 9.37 Å². The molecule has 1 saturated heterocycles. The molecule has 1 saturated carbocycles. The first-order valence-corrected chi connectivity index (χ1v) is 7.37. The van der Waals surface area contributed by atoms with Crippen LogP contribution in [-0.4, -0.2) is 30.0 Å². The van der Waals surface area contributed by atoms with Crippen LogP contribution in [0.15, 0.2) is 12.3 Å². The van der Waals surface area contributed by atoms with Crippen LogP contribution in [0.4, 0.5) is 10.2 Å². The number of amides is 1. The van der Waals surface area contributed by atoms with Crippen LogP contribution in [0.25, 0.3) is 0 Å². The van der Waals surface area contributed by atoms with E-state index >= 15 is 0 Å². The van der Waals surface area contributed by atoms with Gasteiger partial charge in [-0.15, -0.1) is 0 Å². The Balaban J connectivity index is 1.69. The molecule has 1 aromatic rings. The summed E-state index contributed by atoms with van der Waals surface area (Å²) in [6.07, 6.45) is 5.32. The Labute approximate surface area is 122 Å². The summed E-state index contributed by atoms with van der Waals surface area (Å²) < 4.78 is 13.9. The normalized spacial score (nSPS) is 22.7. The van der Waals surface area contributed by atoms with Crippen molar-refractivity contribution in [2.45, 2.75) is 31.7 Å². The molecule has 0 aromatic carbocycles. The molecule has 1 amide bonds. The second kappa shape index (κ2) is 5.56. The van der Waals surface area contributed by atoms with Gasteiger partial charge in [0, 0.05) is 25.3 Å². The van der Waals surface area contributed by atoms with Gasteiger partial charge >= 0.3 is 0 Å². The van der Waals surface area contributed by atoms with Gasteiger partial charge in [-0.1, -0.05) is 11.6 Å². The van der Waals surface area contributed by atoms with Crippen LogP contribution < -0.4 is 10.2 Å². The summed E-state index contributed by atoms with van der Waals surface area (Å²) in [5.74, 6) is -0.133.